The molecule has 14 rings (SSSR count). The topological polar surface area (TPSA) is 246 Å². The van der Waals surface area contributed by atoms with Crippen LogP contribution in [0.5, 0.6) is 0 Å². The van der Waals surface area contributed by atoms with E-state index in [-0.39, 0.29) is 62.3 Å². The highest BCUT2D eigenvalue weighted by Gasteiger charge is 2.54. The molecule has 6 heterocycles. The fourth-order valence-electron chi connectivity index (χ4n) is 15.2. The highest BCUT2D eigenvalue weighted by Crippen LogP contribution is 2.60. The van der Waals surface area contributed by atoms with Crippen LogP contribution in [0.25, 0.3) is 31.8 Å². The van der Waals surface area contributed by atoms with Gasteiger partial charge in [0.15, 0.2) is 10.8 Å². The number of aromatic nitrogens is 5. The smallest absolute Gasteiger partial charge is 0.270 e. The summed E-state index contributed by atoms with van der Waals surface area (Å²) in [6.45, 7) is 10.9. The van der Waals surface area contributed by atoms with Crippen molar-refractivity contribution >= 4 is 79.3 Å². The summed E-state index contributed by atoms with van der Waals surface area (Å²) in [5, 5.41) is 31.1. The van der Waals surface area contributed by atoms with Crippen molar-refractivity contribution in [3.05, 3.63) is 130 Å². The first-order valence-corrected chi connectivity index (χ1v) is 33.3. The van der Waals surface area contributed by atoms with Gasteiger partial charge in [-0.25, -0.2) is 19.3 Å². The second kappa shape index (κ2) is 24.3. The molecule has 4 bridgehead atoms. The van der Waals surface area contributed by atoms with E-state index in [1.165, 1.54) is 66.1 Å². The number of alkyl halides is 1. The van der Waals surface area contributed by atoms with Crippen LogP contribution in [0.15, 0.2) is 90.6 Å². The average Bonchev–Trinajstić information content (AvgIpc) is 0.777. The van der Waals surface area contributed by atoms with Crippen LogP contribution in [0.1, 0.15) is 140 Å². The number of likely N-dealkylation sites (tertiary alicyclic amines) is 1. The van der Waals surface area contributed by atoms with Gasteiger partial charge in [0.1, 0.15) is 23.6 Å². The predicted molar refractivity (Wildman–Crippen MR) is 343 cm³/mol. The molecule has 5 aliphatic carbocycles. The van der Waals surface area contributed by atoms with Crippen molar-refractivity contribution in [2.45, 2.75) is 148 Å². The summed E-state index contributed by atoms with van der Waals surface area (Å²) in [7, 11) is 0. The number of benzene rings is 3. The number of thiazole rings is 2. The van der Waals surface area contributed by atoms with Crippen LogP contribution in [-0.2, 0) is 38.7 Å². The van der Waals surface area contributed by atoms with Gasteiger partial charge in [-0.05, 0) is 153 Å². The van der Waals surface area contributed by atoms with E-state index >= 15 is 0 Å². The summed E-state index contributed by atoms with van der Waals surface area (Å²) in [6.07, 6.45) is 8.94. The van der Waals surface area contributed by atoms with Crippen LogP contribution in [0.2, 0.25) is 0 Å². The number of carbonyl (C=O) groups is 6. The number of nitrogens with zero attached hydrogens (tertiary/aromatic N) is 7. The number of para-hydroxylation sites is 1. The summed E-state index contributed by atoms with van der Waals surface area (Å²) in [6, 6.07) is 21.6. The first-order valence-electron chi connectivity index (χ1n) is 31.6. The first kappa shape index (κ1) is 60.9. The van der Waals surface area contributed by atoms with E-state index < -0.39 is 64.8 Å². The number of aliphatic hydroxyl groups excluding tert-OH is 1. The molecule has 6 amide bonds. The number of carbonyl (C=O) groups excluding carboxylic acids is 6. The summed E-state index contributed by atoms with van der Waals surface area (Å²) in [4.78, 5) is 103. The van der Waals surface area contributed by atoms with E-state index in [2.05, 4.69) is 53.1 Å². The van der Waals surface area contributed by atoms with Gasteiger partial charge < -0.3 is 36.2 Å². The molecule has 90 heavy (non-hydrogen) atoms. The maximum Gasteiger partial charge on any atom is 0.270 e. The van der Waals surface area contributed by atoms with E-state index in [1.54, 1.807) is 26.3 Å². The Labute approximate surface area is 530 Å². The number of rotatable bonds is 19. The molecular weight excluding hydrogens is 1180 g/mol. The van der Waals surface area contributed by atoms with E-state index in [0.29, 0.717) is 47.2 Å². The average molecular weight is 1260 g/mol. The van der Waals surface area contributed by atoms with E-state index in [1.807, 2.05) is 92.0 Å². The van der Waals surface area contributed by atoms with Gasteiger partial charge in [-0.1, -0.05) is 80.6 Å². The number of hydrogen-bond donors (Lipinski definition) is 6. The second-order valence-corrected chi connectivity index (χ2v) is 29.1. The Bertz CT molecular complexity index is 3880. The number of fused-ring (bicyclic) bond motifs is 2. The normalized spacial score (nSPS) is 22.8. The number of halogens is 1. The van der Waals surface area contributed by atoms with E-state index in [0.717, 1.165) is 73.0 Å². The lowest BCUT2D eigenvalue weighted by Gasteiger charge is -2.56. The molecule has 7 aromatic rings. The zero-order chi connectivity index (χ0) is 62.8. The number of amides is 6. The lowest BCUT2D eigenvalue weighted by Crippen LogP contribution is -2.59. The lowest BCUT2D eigenvalue weighted by atomic mass is 9.49. The van der Waals surface area contributed by atoms with Crippen molar-refractivity contribution in [1.82, 2.24) is 50.9 Å². The molecule has 4 unspecified atom stereocenters. The van der Waals surface area contributed by atoms with Gasteiger partial charge in [-0.2, -0.15) is 5.10 Å². The summed E-state index contributed by atoms with van der Waals surface area (Å²) < 4.78 is 18.1. The minimum absolute atomic E-state index is 0.0217. The standard InChI is InChI=1S/C68H77FN12O7S2/c1-38-58(89-37-72-38)45-15-13-44(14-16-45)52(74-61(85)53-28-46(82)34-80(53)63(87)59(66(3,4)5)77-64(88)68(69)20-21-68)29-56(83)70-22-23-71-62(86)57-47(49-33-73-81(39(49)2)36-67-30-40-25-41(31-67)27-42(26-40)32-67)17-18-55(76-57)79-24-19-43-9-8-10-48(50(43)35-79)60(84)78-65-75-51-11-6-7-12-54(51)90-65/h6-18,33,37,40-42,46,52-53,59,82H,19-32,34-36H2,1-5H3,(H,70,83)(H,71,86)(H,74,85)(H,77,88)(H,75,78,84). The summed E-state index contributed by atoms with van der Waals surface area (Å²) >= 11 is 2.91. The van der Waals surface area contributed by atoms with Crippen LogP contribution >= 0.6 is 22.7 Å². The SMILES string of the molecule is Cc1ncsc1-c1ccc(C(CC(=O)NCCNC(=O)c2nc(N3CCc4cccc(C(=O)Nc5nc6ccccc6s5)c4C3)ccc2-c2cnn(CC34CC5CC(CC(C5)C3)C4)c2C)NC(=O)C2CC(O)CN2C(=O)C(NC(=O)C2(F)CC2)C(C)(C)C)cc1. The number of anilines is 2. The van der Waals surface area contributed by atoms with Crippen molar-refractivity contribution in [3.63, 3.8) is 0 Å². The van der Waals surface area contributed by atoms with Crippen molar-refractivity contribution < 1.29 is 38.3 Å². The van der Waals surface area contributed by atoms with Crippen LogP contribution in [0.4, 0.5) is 15.3 Å². The molecular formula is C68H77FN12O7S2. The van der Waals surface area contributed by atoms with Crippen molar-refractivity contribution in [1.29, 1.82) is 0 Å². The minimum atomic E-state index is -2.04. The molecule has 22 heteroatoms. The highest BCUT2D eigenvalue weighted by molar-refractivity contribution is 7.22. The molecule has 2 aliphatic heterocycles. The molecule has 4 atom stereocenters. The molecule has 6 N–H and O–H groups in total. The Hall–Kier alpha value is -7.95. The van der Waals surface area contributed by atoms with Crippen LogP contribution in [0.3, 0.4) is 0 Å². The Morgan fingerprint density at radius 1 is 0.822 bits per heavy atom. The monoisotopic (exact) mass is 1260 g/mol. The Kier molecular flexibility index (Phi) is 16.5. The predicted octanol–water partition coefficient (Wildman–Crippen LogP) is 9.41. The van der Waals surface area contributed by atoms with Crippen molar-refractivity contribution in [2.24, 2.45) is 28.6 Å². The number of nitrogens with one attached hydrogen (secondary N) is 5. The molecule has 5 saturated carbocycles. The Balaban J connectivity index is 0.724. The number of hydrogen-bond acceptors (Lipinski definition) is 14. The largest absolute Gasteiger partial charge is 0.391 e. The zero-order valence-electron chi connectivity index (χ0n) is 51.4. The summed E-state index contributed by atoms with van der Waals surface area (Å²) in [5.41, 5.74) is 7.28. The molecule has 1 saturated heterocycles. The van der Waals surface area contributed by atoms with Gasteiger partial charge in [0, 0.05) is 68.1 Å². The van der Waals surface area contributed by atoms with Gasteiger partial charge in [0.2, 0.25) is 17.7 Å². The van der Waals surface area contributed by atoms with Crippen LogP contribution in [0, 0.1) is 42.4 Å². The minimum Gasteiger partial charge on any atom is -0.391 e. The fourth-order valence-corrected chi connectivity index (χ4v) is 16.8. The van der Waals surface area contributed by atoms with Gasteiger partial charge in [-0.3, -0.25) is 38.8 Å². The fraction of sp³-hybridized carbons (Fsp3) is 0.471. The van der Waals surface area contributed by atoms with Gasteiger partial charge >= 0.3 is 0 Å². The molecule has 4 aromatic heterocycles. The van der Waals surface area contributed by atoms with Gasteiger partial charge in [0.05, 0.1) is 51.1 Å². The summed E-state index contributed by atoms with van der Waals surface area (Å²) in [5.74, 6) is -0.350. The van der Waals surface area contributed by atoms with Gasteiger partial charge in [0.25, 0.3) is 17.7 Å². The van der Waals surface area contributed by atoms with Crippen LogP contribution in [-0.4, -0.2) is 120 Å². The maximum atomic E-state index is 14.9. The molecule has 0 radical (unpaired) electrons. The van der Waals surface area contributed by atoms with E-state index in [9.17, 15) is 38.3 Å². The second-order valence-electron chi connectivity index (χ2n) is 27.2. The molecule has 470 valence electrons. The third-order valence-corrected chi connectivity index (χ3v) is 21.5. The third-order valence-electron chi connectivity index (χ3n) is 19.6. The maximum absolute atomic E-state index is 14.9. The van der Waals surface area contributed by atoms with Gasteiger partial charge in [-0.15, -0.1) is 11.3 Å². The third kappa shape index (κ3) is 12.5. The zero-order valence-corrected chi connectivity index (χ0v) is 53.1. The van der Waals surface area contributed by atoms with Crippen molar-refractivity contribution in [2.75, 3.05) is 36.4 Å². The molecule has 19 nitrogen and oxygen atoms in total. The molecule has 0 spiro atoms. The number of aliphatic hydroxyl groups is 1. The highest BCUT2D eigenvalue weighted by atomic mass is 32.1. The van der Waals surface area contributed by atoms with E-state index in [4.69, 9.17) is 10.1 Å². The number of pyridine rings is 1. The van der Waals surface area contributed by atoms with Crippen LogP contribution < -0.4 is 31.5 Å². The lowest BCUT2D eigenvalue weighted by molar-refractivity contribution is -0.145. The quantitative estimate of drug-likeness (QED) is 0.0415. The first-order chi connectivity index (χ1) is 43.2. The Morgan fingerprint density at radius 3 is 2.26 bits per heavy atom. The number of aryl methyl sites for hydroxylation is 1. The molecule has 3 aromatic carbocycles. The molecule has 7 aliphatic rings. The number of β-amino-alcohol motifs (C(OH)–C–C–N with tert-alkyl or cyclic N) is 1. The molecule has 6 fully saturated rings. The van der Waals surface area contributed by atoms with Crippen molar-refractivity contribution in [3.8, 4) is 21.6 Å². The Morgan fingerprint density at radius 2 is 1.56 bits per heavy atom.